The molecule has 2 N–H and O–H groups in total. The SMILES string of the molecule is CC(CCO)CNC(=O)c1c(F)cc(OC(F)F)cc1F. The summed E-state index contributed by atoms with van der Waals surface area (Å²) in [6.45, 7) is -1.43. The van der Waals surface area contributed by atoms with Crippen molar-refractivity contribution in [2.24, 2.45) is 5.92 Å². The van der Waals surface area contributed by atoms with Crippen molar-refractivity contribution in [3.8, 4) is 5.75 Å². The smallest absolute Gasteiger partial charge is 0.387 e. The summed E-state index contributed by atoms with van der Waals surface area (Å²) < 4.78 is 55.0. The van der Waals surface area contributed by atoms with Gasteiger partial charge in [-0.3, -0.25) is 4.79 Å². The van der Waals surface area contributed by atoms with E-state index in [1.54, 1.807) is 6.92 Å². The molecule has 0 heterocycles. The molecule has 1 rings (SSSR count). The van der Waals surface area contributed by atoms with Gasteiger partial charge in [-0.25, -0.2) is 8.78 Å². The normalized spacial score (nSPS) is 12.3. The van der Waals surface area contributed by atoms with Crippen LogP contribution >= 0.6 is 0 Å². The lowest BCUT2D eigenvalue weighted by molar-refractivity contribution is -0.0501. The third-order valence-electron chi connectivity index (χ3n) is 2.70. The van der Waals surface area contributed by atoms with E-state index in [0.717, 1.165) is 0 Å². The van der Waals surface area contributed by atoms with Crippen LogP contribution in [0.3, 0.4) is 0 Å². The Morgan fingerprint density at radius 3 is 2.38 bits per heavy atom. The van der Waals surface area contributed by atoms with E-state index < -0.39 is 35.5 Å². The maximum atomic E-state index is 13.6. The Morgan fingerprint density at radius 2 is 1.90 bits per heavy atom. The van der Waals surface area contributed by atoms with Gasteiger partial charge >= 0.3 is 6.61 Å². The molecule has 118 valence electrons. The zero-order valence-corrected chi connectivity index (χ0v) is 11.2. The van der Waals surface area contributed by atoms with Crippen LogP contribution in [0, 0.1) is 17.6 Å². The molecule has 0 aliphatic carbocycles. The zero-order chi connectivity index (χ0) is 16.0. The van der Waals surface area contributed by atoms with Gasteiger partial charge in [0.05, 0.1) is 0 Å². The van der Waals surface area contributed by atoms with Gasteiger partial charge in [0.2, 0.25) is 0 Å². The number of carbonyl (C=O) groups is 1. The van der Waals surface area contributed by atoms with Crippen LogP contribution in [-0.2, 0) is 0 Å². The molecule has 0 fully saturated rings. The number of nitrogens with one attached hydrogen (secondary N) is 1. The van der Waals surface area contributed by atoms with Crippen LogP contribution < -0.4 is 10.1 Å². The van der Waals surface area contributed by atoms with Crippen LogP contribution in [0.2, 0.25) is 0 Å². The molecule has 0 aromatic heterocycles. The van der Waals surface area contributed by atoms with Gasteiger partial charge in [0.15, 0.2) is 0 Å². The van der Waals surface area contributed by atoms with E-state index in [9.17, 15) is 22.4 Å². The fourth-order valence-corrected chi connectivity index (χ4v) is 1.62. The minimum atomic E-state index is -3.22. The van der Waals surface area contributed by atoms with E-state index in [-0.39, 0.29) is 19.1 Å². The van der Waals surface area contributed by atoms with Crippen molar-refractivity contribution >= 4 is 5.91 Å². The van der Waals surface area contributed by atoms with Gasteiger partial charge in [-0.1, -0.05) is 6.92 Å². The molecule has 1 unspecified atom stereocenters. The number of rotatable bonds is 7. The van der Waals surface area contributed by atoms with Gasteiger partial charge < -0.3 is 15.2 Å². The monoisotopic (exact) mass is 309 g/mol. The van der Waals surface area contributed by atoms with Crippen LogP contribution in [0.4, 0.5) is 17.6 Å². The van der Waals surface area contributed by atoms with Gasteiger partial charge in [-0.15, -0.1) is 0 Å². The topological polar surface area (TPSA) is 58.6 Å². The summed E-state index contributed by atoms with van der Waals surface area (Å²) in [6, 6.07) is 1.03. The highest BCUT2D eigenvalue weighted by Gasteiger charge is 2.20. The number of hydrogen-bond acceptors (Lipinski definition) is 3. The van der Waals surface area contributed by atoms with E-state index >= 15 is 0 Å². The van der Waals surface area contributed by atoms with Crippen LogP contribution in [0.25, 0.3) is 0 Å². The standard InChI is InChI=1S/C13H15F4NO3/c1-7(2-3-19)6-18-12(20)11-9(14)4-8(5-10(11)15)21-13(16)17/h4-5,7,13,19H,2-3,6H2,1H3,(H,18,20). The van der Waals surface area contributed by atoms with Gasteiger partial charge in [-0.2, -0.15) is 8.78 Å². The molecule has 0 saturated carbocycles. The molecule has 0 aliphatic rings. The molecule has 0 aliphatic heterocycles. The molecule has 8 heteroatoms. The Hall–Kier alpha value is -1.83. The van der Waals surface area contributed by atoms with Crippen molar-refractivity contribution in [1.29, 1.82) is 0 Å². The van der Waals surface area contributed by atoms with E-state index in [1.807, 2.05) is 0 Å². The van der Waals surface area contributed by atoms with Crippen LogP contribution in [-0.4, -0.2) is 30.8 Å². The first-order chi connectivity index (χ1) is 9.85. The summed E-state index contributed by atoms with van der Waals surface area (Å²) in [4.78, 5) is 11.7. The molecule has 1 aromatic carbocycles. The highest BCUT2D eigenvalue weighted by atomic mass is 19.3. The Bertz CT molecular complexity index is 473. The highest BCUT2D eigenvalue weighted by molar-refractivity contribution is 5.94. The number of aliphatic hydroxyl groups is 1. The highest BCUT2D eigenvalue weighted by Crippen LogP contribution is 2.22. The number of alkyl halides is 2. The molecular weight excluding hydrogens is 294 g/mol. The fourth-order valence-electron chi connectivity index (χ4n) is 1.62. The van der Waals surface area contributed by atoms with Crippen LogP contribution in [0.1, 0.15) is 23.7 Å². The lowest BCUT2D eigenvalue weighted by atomic mass is 10.1. The first kappa shape index (κ1) is 17.2. The fraction of sp³-hybridized carbons (Fsp3) is 0.462. The number of hydrogen-bond donors (Lipinski definition) is 2. The van der Waals surface area contributed by atoms with Crippen molar-refractivity contribution in [1.82, 2.24) is 5.32 Å². The first-order valence-electron chi connectivity index (χ1n) is 6.18. The average molecular weight is 309 g/mol. The van der Waals surface area contributed by atoms with Gasteiger partial charge in [0.1, 0.15) is 22.9 Å². The molecule has 4 nitrogen and oxygen atoms in total. The second-order valence-corrected chi connectivity index (χ2v) is 4.47. The van der Waals surface area contributed by atoms with E-state index in [0.29, 0.717) is 18.6 Å². The summed E-state index contributed by atoms with van der Waals surface area (Å²) in [5, 5.41) is 11.0. The molecule has 0 saturated heterocycles. The molecular formula is C13H15F4NO3. The van der Waals surface area contributed by atoms with Crippen LogP contribution in [0.5, 0.6) is 5.75 Å². The second kappa shape index (κ2) is 7.82. The second-order valence-electron chi connectivity index (χ2n) is 4.47. The summed E-state index contributed by atoms with van der Waals surface area (Å²) in [5.41, 5.74) is -0.868. The lowest BCUT2D eigenvalue weighted by Gasteiger charge is -2.12. The third kappa shape index (κ3) is 5.22. The predicted molar refractivity (Wildman–Crippen MR) is 66.2 cm³/mol. The third-order valence-corrected chi connectivity index (χ3v) is 2.70. The van der Waals surface area contributed by atoms with Gasteiger partial charge in [0, 0.05) is 25.3 Å². The minimum absolute atomic E-state index is 0.0700. The maximum Gasteiger partial charge on any atom is 0.387 e. The van der Waals surface area contributed by atoms with Crippen molar-refractivity contribution in [3.63, 3.8) is 0 Å². The maximum absolute atomic E-state index is 13.6. The number of aliphatic hydroxyl groups excluding tert-OH is 1. The summed E-state index contributed by atoms with van der Waals surface area (Å²) in [5.74, 6) is -4.37. The van der Waals surface area contributed by atoms with Crippen molar-refractivity contribution in [2.45, 2.75) is 20.0 Å². The van der Waals surface area contributed by atoms with Crippen molar-refractivity contribution < 1.29 is 32.2 Å². The zero-order valence-electron chi connectivity index (χ0n) is 11.2. The quantitative estimate of drug-likeness (QED) is 0.760. The van der Waals surface area contributed by atoms with Crippen molar-refractivity contribution in [3.05, 3.63) is 29.3 Å². The summed E-state index contributed by atoms with van der Waals surface area (Å²) >= 11 is 0. The first-order valence-corrected chi connectivity index (χ1v) is 6.18. The molecule has 0 radical (unpaired) electrons. The predicted octanol–water partition coefficient (Wildman–Crippen LogP) is 2.31. The summed E-state index contributed by atoms with van der Waals surface area (Å²) in [7, 11) is 0. The summed E-state index contributed by atoms with van der Waals surface area (Å²) in [6.07, 6.45) is 0.423. The number of ether oxygens (including phenoxy) is 1. The average Bonchev–Trinajstić information content (AvgIpc) is 2.35. The molecule has 1 amide bonds. The van der Waals surface area contributed by atoms with Gasteiger partial charge in [-0.05, 0) is 12.3 Å². The molecule has 0 spiro atoms. The van der Waals surface area contributed by atoms with Gasteiger partial charge in [0.25, 0.3) is 5.91 Å². The molecule has 1 aromatic rings. The Balaban J connectivity index is 2.80. The van der Waals surface area contributed by atoms with Crippen LogP contribution in [0.15, 0.2) is 12.1 Å². The van der Waals surface area contributed by atoms with E-state index in [4.69, 9.17) is 5.11 Å². The molecule has 1 atom stereocenters. The minimum Gasteiger partial charge on any atom is -0.435 e. The van der Waals surface area contributed by atoms with E-state index in [2.05, 4.69) is 10.1 Å². The van der Waals surface area contributed by atoms with Crippen molar-refractivity contribution in [2.75, 3.05) is 13.2 Å². The Morgan fingerprint density at radius 1 is 1.33 bits per heavy atom. The largest absolute Gasteiger partial charge is 0.435 e. The molecule has 0 bridgehead atoms. The number of amides is 1. The van der Waals surface area contributed by atoms with E-state index in [1.165, 1.54) is 0 Å². The number of benzene rings is 1. The molecule has 21 heavy (non-hydrogen) atoms. The Kier molecular flexibility index (Phi) is 6.41. The Labute approximate surface area is 118 Å². The number of carbonyl (C=O) groups excluding carboxylic acids is 1. The number of halogens is 4. The lowest BCUT2D eigenvalue weighted by Crippen LogP contribution is -2.30.